The van der Waals surface area contributed by atoms with Gasteiger partial charge in [0.1, 0.15) is 5.54 Å². The quantitative estimate of drug-likeness (QED) is 0.628. The second-order valence-corrected chi connectivity index (χ2v) is 7.63. The summed E-state index contributed by atoms with van der Waals surface area (Å²) in [5, 5.41) is 9.48. The molecule has 2 N–H and O–H groups in total. The van der Waals surface area contributed by atoms with Crippen molar-refractivity contribution < 1.29 is 14.4 Å². The first-order valence-corrected chi connectivity index (χ1v) is 9.85. The van der Waals surface area contributed by atoms with E-state index in [4.69, 9.17) is 0 Å². The number of hydrogen-bond acceptors (Lipinski definition) is 6. The van der Waals surface area contributed by atoms with Gasteiger partial charge in [0.05, 0.1) is 10.6 Å². The van der Waals surface area contributed by atoms with Crippen molar-refractivity contribution in [2.24, 2.45) is 0 Å². The molecular weight excluding hydrogens is 392 g/mol. The molecule has 3 aromatic rings. The Kier molecular flexibility index (Phi) is 4.63. The van der Waals surface area contributed by atoms with Gasteiger partial charge in [-0.2, -0.15) is 5.01 Å². The highest BCUT2D eigenvalue weighted by Gasteiger charge is 2.47. The first-order chi connectivity index (χ1) is 13.9. The highest BCUT2D eigenvalue weighted by Crippen LogP contribution is 2.26. The van der Waals surface area contributed by atoms with Gasteiger partial charge in [0.2, 0.25) is 5.82 Å². The van der Waals surface area contributed by atoms with Gasteiger partial charge in [-0.1, -0.05) is 31.2 Å². The molecule has 9 nitrogen and oxygen atoms in total. The summed E-state index contributed by atoms with van der Waals surface area (Å²) in [5.41, 5.74) is 2.00. The van der Waals surface area contributed by atoms with E-state index in [9.17, 15) is 14.4 Å². The number of aromatic nitrogens is 3. The standard InChI is InChI=1S/C19H18N6O3S/c1-3-19(2)17(27)25(18(28)21-19)23-16(26)14-20-15(13-10-7-11-29-13)24(22-14)12-8-5-4-6-9-12/h4-11H,3H2,1-2H3,(H,21,28)(H,23,26). The maximum absolute atomic E-state index is 12.7. The maximum Gasteiger partial charge on any atom is 0.344 e. The van der Waals surface area contributed by atoms with E-state index < -0.39 is 23.4 Å². The van der Waals surface area contributed by atoms with Crippen molar-refractivity contribution in [2.45, 2.75) is 25.8 Å². The van der Waals surface area contributed by atoms with Gasteiger partial charge in [-0.3, -0.25) is 9.59 Å². The average molecular weight is 410 g/mol. The van der Waals surface area contributed by atoms with Gasteiger partial charge in [0, 0.05) is 0 Å². The predicted octanol–water partition coefficient (Wildman–Crippen LogP) is 2.36. The molecule has 1 unspecified atom stereocenters. The van der Waals surface area contributed by atoms with Crippen LogP contribution in [0.15, 0.2) is 47.8 Å². The first kappa shape index (κ1) is 18.8. The van der Waals surface area contributed by atoms with E-state index in [2.05, 4.69) is 20.8 Å². The van der Waals surface area contributed by atoms with Gasteiger partial charge in [0.25, 0.3) is 5.91 Å². The molecule has 1 atom stereocenters. The lowest BCUT2D eigenvalue weighted by Crippen LogP contribution is -2.48. The summed E-state index contributed by atoms with van der Waals surface area (Å²) in [4.78, 5) is 42.6. The Balaban J connectivity index is 1.66. The van der Waals surface area contributed by atoms with E-state index in [1.165, 1.54) is 11.3 Å². The first-order valence-electron chi connectivity index (χ1n) is 8.97. The molecule has 1 saturated heterocycles. The zero-order chi connectivity index (χ0) is 20.6. The van der Waals surface area contributed by atoms with Crippen molar-refractivity contribution in [2.75, 3.05) is 0 Å². The predicted molar refractivity (Wildman–Crippen MR) is 106 cm³/mol. The van der Waals surface area contributed by atoms with E-state index in [1.54, 1.807) is 18.5 Å². The van der Waals surface area contributed by atoms with Crippen LogP contribution in [0.4, 0.5) is 4.79 Å². The summed E-state index contributed by atoms with van der Waals surface area (Å²) in [6, 6.07) is 12.3. The number of rotatable bonds is 5. The molecule has 0 spiro atoms. The maximum atomic E-state index is 12.7. The summed E-state index contributed by atoms with van der Waals surface area (Å²) in [6.45, 7) is 3.39. The van der Waals surface area contributed by atoms with Crippen LogP contribution < -0.4 is 10.7 Å². The average Bonchev–Trinajstić information content (AvgIpc) is 3.44. The van der Waals surface area contributed by atoms with Crippen molar-refractivity contribution in [1.29, 1.82) is 0 Å². The number of para-hydroxylation sites is 1. The Bertz CT molecular complexity index is 1080. The van der Waals surface area contributed by atoms with Crippen LogP contribution in [0.25, 0.3) is 16.4 Å². The molecule has 0 radical (unpaired) electrons. The van der Waals surface area contributed by atoms with Gasteiger partial charge in [-0.25, -0.2) is 19.9 Å². The molecule has 4 amide bonds. The third-order valence-electron chi connectivity index (χ3n) is 4.73. The van der Waals surface area contributed by atoms with Crippen LogP contribution in [-0.2, 0) is 4.79 Å². The van der Waals surface area contributed by atoms with Gasteiger partial charge >= 0.3 is 11.9 Å². The fourth-order valence-electron chi connectivity index (χ4n) is 2.90. The number of hydrogen-bond donors (Lipinski definition) is 2. The fourth-order valence-corrected chi connectivity index (χ4v) is 3.60. The SMILES string of the molecule is CCC1(C)NC(=O)N(NC(=O)c2nc(-c3cccs3)n(-c3ccccc3)n2)C1=O. The van der Waals surface area contributed by atoms with Gasteiger partial charge in [0.15, 0.2) is 5.82 Å². The zero-order valence-corrected chi connectivity index (χ0v) is 16.6. The Morgan fingerprint density at radius 1 is 1.21 bits per heavy atom. The molecule has 0 bridgehead atoms. The van der Waals surface area contributed by atoms with Crippen molar-refractivity contribution in [1.82, 2.24) is 30.5 Å². The largest absolute Gasteiger partial charge is 0.344 e. The Morgan fingerprint density at radius 2 is 1.97 bits per heavy atom. The van der Waals surface area contributed by atoms with E-state index in [1.807, 2.05) is 47.8 Å². The molecule has 148 valence electrons. The number of nitrogens with zero attached hydrogens (tertiary/aromatic N) is 4. The molecule has 1 aromatic carbocycles. The lowest BCUT2D eigenvalue weighted by molar-refractivity contribution is -0.132. The molecule has 4 rings (SSSR count). The number of benzene rings is 1. The molecule has 1 aliphatic heterocycles. The molecule has 29 heavy (non-hydrogen) atoms. The normalized spacial score (nSPS) is 18.8. The second-order valence-electron chi connectivity index (χ2n) is 6.68. The summed E-state index contributed by atoms with van der Waals surface area (Å²) in [6.07, 6.45) is 0.396. The summed E-state index contributed by atoms with van der Waals surface area (Å²) in [5.74, 6) is -0.935. The van der Waals surface area contributed by atoms with E-state index in [0.29, 0.717) is 17.3 Å². The van der Waals surface area contributed by atoms with Crippen LogP contribution in [0.3, 0.4) is 0 Å². The third kappa shape index (κ3) is 3.27. The number of thiophene rings is 1. The Morgan fingerprint density at radius 3 is 2.59 bits per heavy atom. The molecular formula is C19H18N6O3S. The molecule has 1 aliphatic rings. The molecule has 3 heterocycles. The van der Waals surface area contributed by atoms with Crippen LogP contribution in [0.1, 0.15) is 30.9 Å². The lowest BCUT2D eigenvalue weighted by atomic mass is 10.00. The number of carbonyl (C=O) groups is 3. The number of nitrogens with one attached hydrogen (secondary N) is 2. The van der Waals surface area contributed by atoms with Crippen molar-refractivity contribution in [3.8, 4) is 16.4 Å². The number of imide groups is 1. The second kappa shape index (κ2) is 7.13. The van der Waals surface area contributed by atoms with Crippen LogP contribution in [0.5, 0.6) is 0 Å². The van der Waals surface area contributed by atoms with Crippen molar-refractivity contribution >= 4 is 29.2 Å². The number of carbonyl (C=O) groups excluding carboxylic acids is 3. The minimum atomic E-state index is -1.05. The Labute approximate surface area is 170 Å². The van der Waals surface area contributed by atoms with E-state index in [0.717, 1.165) is 10.6 Å². The van der Waals surface area contributed by atoms with Crippen molar-refractivity contribution in [3.63, 3.8) is 0 Å². The van der Waals surface area contributed by atoms with Crippen LogP contribution in [0.2, 0.25) is 0 Å². The topological polar surface area (TPSA) is 109 Å². The monoisotopic (exact) mass is 410 g/mol. The summed E-state index contributed by atoms with van der Waals surface area (Å²) in [7, 11) is 0. The van der Waals surface area contributed by atoms with Crippen LogP contribution in [-0.4, -0.2) is 43.2 Å². The minimum Gasteiger partial charge on any atom is -0.322 e. The number of amides is 4. The van der Waals surface area contributed by atoms with Crippen molar-refractivity contribution in [3.05, 3.63) is 53.7 Å². The highest BCUT2D eigenvalue weighted by molar-refractivity contribution is 7.13. The van der Waals surface area contributed by atoms with E-state index in [-0.39, 0.29) is 5.82 Å². The molecule has 0 saturated carbocycles. The molecule has 10 heteroatoms. The molecule has 0 aliphatic carbocycles. The number of hydrazine groups is 1. The van der Waals surface area contributed by atoms with Crippen LogP contribution >= 0.6 is 11.3 Å². The third-order valence-corrected chi connectivity index (χ3v) is 5.60. The summed E-state index contributed by atoms with van der Waals surface area (Å²) < 4.78 is 1.56. The van der Waals surface area contributed by atoms with Gasteiger partial charge in [-0.05, 0) is 36.9 Å². The minimum absolute atomic E-state index is 0.150. The van der Waals surface area contributed by atoms with E-state index >= 15 is 0 Å². The Hall–Kier alpha value is -3.53. The molecule has 2 aromatic heterocycles. The fraction of sp³-hybridized carbons (Fsp3) is 0.211. The highest BCUT2D eigenvalue weighted by atomic mass is 32.1. The van der Waals surface area contributed by atoms with Gasteiger partial charge in [-0.15, -0.1) is 16.4 Å². The molecule has 1 fully saturated rings. The van der Waals surface area contributed by atoms with Crippen LogP contribution in [0, 0.1) is 0 Å². The summed E-state index contributed by atoms with van der Waals surface area (Å²) >= 11 is 1.46. The smallest absolute Gasteiger partial charge is 0.322 e. The number of urea groups is 1. The lowest BCUT2D eigenvalue weighted by Gasteiger charge is -2.18. The van der Waals surface area contributed by atoms with Gasteiger partial charge < -0.3 is 5.32 Å². The zero-order valence-electron chi connectivity index (χ0n) is 15.7.